The second kappa shape index (κ2) is 5.69. The first-order valence-corrected chi connectivity index (χ1v) is 5.77. The molecule has 0 unspecified atom stereocenters. The van der Waals surface area contributed by atoms with E-state index in [9.17, 15) is 10.1 Å². The Labute approximate surface area is 97.1 Å². The summed E-state index contributed by atoms with van der Waals surface area (Å²) in [5, 5.41) is 9.39. The molecule has 16 heavy (non-hydrogen) atoms. The third kappa shape index (κ3) is 2.85. The van der Waals surface area contributed by atoms with Crippen LogP contribution in [-0.2, 0) is 9.53 Å². The Morgan fingerprint density at radius 2 is 2.38 bits per heavy atom. The molecule has 0 amide bonds. The van der Waals surface area contributed by atoms with Crippen LogP contribution >= 0.6 is 0 Å². The van der Waals surface area contributed by atoms with Crippen LogP contribution in [0.2, 0.25) is 0 Å². The molecule has 88 valence electrons. The first kappa shape index (κ1) is 12.8. The van der Waals surface area contributed by atoms with Crippen LogP contribution in [-0.4, -0.2) is 12.9 Å². The molecule has 1 atom stereocenters. The van der Waals surface area contributed by atoms with Gasteiger partial charge >= 0.3 is 0 Å². The van der Waals surface area contributed by atoms with Crippen molar-refractivity contribution in [3.8, 4) is 6.07 Å². The molecule has 0 aromatic heterocycles. The highest BCUT2D eigenvalue weighted by molar-refractivity contribution is 5.75. The fourth-order valence-electron chi connectivity index (χ4n) is 2.31. The maximum Gasteiger partial charge on any atom is 0.129 e. The molecule has 1 fully saturated rings. The summed E-state index contributed by atoms with van der Waals surface area (Å²) in [6, 6.07) is 2.41. The Balaban J connectivity index is 2.85. The van der Waals surface area contributed by atoms with Gasteiger partial charge in [0.2, 0.25) is 0 Å². The van der Waals surface area contributed by atoms with Crippen LogP contribution in [0.15, 0.2) is 11.8 Å². The van der Waals surface area contributed by atoms with Crippen molar-refractivity contribution in [3.05, 3.63) is 11.8 Å². The molecule has 0 radical (unpaired) electrons. The zero-order valence-electron chi connectivity index (χ0n) is 10.1. The van der Waals surface area contributed by atoms with Gasteiger partial charge in [0.1, 0.15) is 5.78 Å². The number of allylic oxidation sites excluding steroid dienone is 1. The minimum Gasteiger partial charge on any atom is -0.504 e. The van der Waals surface area contributed by atoms with Gasteiger partial charge < -0.3 is 9.53 Å². The van der Waals surface area contributed by atoms with E-state index in [0.29, 0.717) is 12.8 Å². The van der Waals surface area contributed by atoms with Gasteiger partial charge in [-0.3, -0.25) is 0 Å². The molecule has 0 N–H and O–H groups in total. The first-order chi connectivity index (χ1) is 7.64. The zero-order chi connectivity index (χ0) is 12.0. The third-order valence-electron chi connectivity index (χ3n) is 3.29. The molecule has 0 aromatic carbocycles. The van der Waals surface area contributed by atoms with Crippen LogP contribution < -0.4 is 0 Å². The Morgan fingerprint density at radius 1 is 1.62 bits per heavy atom. The molecule has 0 bridgehead atoms. The zero-order valence-corrected chi connectivity index (χ0v) is 10.1. The molecular weight excluding hydrogens is 202 g/mol. The van der Waals surface area contributed by atoms with Gasteiger partial charge in [-0.2, -0.15) is 5.26 Å². The van der Waals surface area contributed by atoms with E-state index in [0.717, 1.165) is 31.3 Å². The van der Waals surface area contributed by atoms with Gasteiger partial charge in [-0.25, -0.2) is 0 Å². The lowest BCUT2D eigenvalue weighted by Crippen LogP contribution is -2.26. The quantitative estimate of drug-likeness (QED) is 0.686. The number of nitriles is 1. The number of ether oxygens (including phenoxy) is 1. The minimum absolute atomic E-state index is 0.150. The second-order valence-corrected chi connectivity index (χ2v) is 4.48. The normalized spacial score (nSPS) is 27.4. The highest BCUT2D eigenvalue weighted by Crippen LogP contribution is 2.43. The van der Waals surface area contributed by atoms with E-state index < -0.39 is 5.41 Å². The highest BCUT2D eigenvalue weighted by Gasteiger charge is 2.36. The van der Waals surface area contributed by atoms with Crippen molar-refractivity contribution in [2.75, 3.05) is 7.11 Å². The Kier molecular flexibility index (Phi) is 4.54. The number of Topliss-reactive ketones (excluding diaryl/α,β-unsaturated/α-hetero) is 1. The fourth-order valence-corrected chi connectivity index (χ4v) is 2.31. The predicted octanol–water partition coefficient (Wildman–Crippen LogP) is 2.97. The van der Waals surface area contributed by atoms with Crippen LogP contribution in [0.4, 0.5) is 0 Å². The van der Waals surface area contributed by atoms with E-state index in [4.69, 9.17) is 4.74 Å². The third-order valence-corrected chi connectivity index (χ3v) is 3.29. The average molecular weight is 221 g/mol. The number of carbonyl (C=O) groups excluding carboxylic acids is 1. The standard InChI is InChI=1S/C13H19NO2/c1-11(15)6-8-13(10-14)7-4-3-5-12(13)9-16-2/h9H,3-8H2,1-2H3/b12-9-/t13-/m1/s1. The van der Waals surface area contributed by atoms with Gasteiger partial charge in [0, 0.05) is 6.42 Å². The molecule has 1 rings (SSSR count). The molecular formula is C13H19NO2. The monoisotopic (exact) mass is 221 g/mol. The predicted molar refractivity (Wildman–Crippen MR) is 61.5 cm³/mol. The lowest BCUT2D eigenvalue weighted by Gasteiger charge is -2.33. The van der Waals surface area contributed by atoms with Crippen molar-refractivity contribution in [1.29, 1.82) is 5.26 Å². The largest absolute Gasteiger partial charge is 0.504 e. The second-order valence-electron chi connectivity index (χ2n) is 4.48. The molecule has 1 saturated carbocycles. The average Bonchev–Trinajstić information content (AvgIpc) is 2.28. The van der Waals surface area contributed by atoms with E-state index in [1.54, 1.807) is 20.3 Å². The summed E-state index contributed by atoms with van der Waals surface area (Å²) >= 11 is 0. The number of methoxy groups -OCH3 is 1. The number of ketones is 1. The number of carbonyl (C=O) groups is 1. The highest BCUT2D eigenvalue weighted by atomic mass is 16.5. The SMILES string of the molecule is CO/C=C1/CCCC[C@]1(C#N)CCC(C)=O. The van der Waals surface area contributed by atoms with E-state index in [-0.39, 0.29) is 5.78 Å². The lowest BCUT2D eigenvalue weighted by molar-refractivity contribution is -0.117. The molecule has 0 aromatic rings. The number of hydrogen-bond acceptors (Lipinski definition) is 3. The van der Waals surface area contributed by atoms with Crippen molar-refractivity contribution in [3.63, 3.8) is 0 Å². The molecule has 3 heteroatoms. The maximum atomic E-state index is 11.0. The summed E-state index contributed by atoms with van der Waals surface area (Å²) in [4.78, 5) is 11.0. The number of hydrogen-bond donors (Lipinski definition) is 0. The van der Waals surface area contributed by atoms with E-state index in [1.807, 2.05) is 0 Å². The van der Waals surface area contributed by atoms with Crippen molar-refractivity contribution < 1.29 is 9.53 Å². The van der Waals surface area contributed by atoms with Crippen molar-refractivity contribution >= 4 is 5.78 Å². The van der Waals surface area contributed by atoms with Gasteiger partial charge in [-0.05, 0) is 38.2 Å². The molecule has 1 aliphatic carbocycles. The molecule has 3 nitrogen and oxygen atoms in total. The molecule has 0 spiro atoms. The smallest absolute Gasteiger partial charge is 0.129 e. The van der Waals surface area contributed by atoms with E-state index in [2.05, 4.69) is 6.07 Å². The topological polar surface area (TPSA) is 50.1 Å². The van der Waals surface area contributed by atoms with Gasteiger partial charge in [-0.15, -0.1) is 0 Å². The Hall–Kier alpha value is -1.30. The maximum absolute atomic E-state index is 11.0. The van der Waals surface area contributed by atoms with Crippen LogP contribution in [0.3, 0.4) is 0 Å². The molecule has 0 heterocycles. The summed E-state index contributed by atoms with van der Waals surface area (Å²) in [5.74, 6) is 0.150. The lowest BCUT2D eigenvalue weighted by atomic mass is 9.69. The summed E-state index contributed by atoms with van der Waals surface area (Å²) in [5.41, 5.74) is 0.602. The van der Waals surface area contributed by atoms with Crippen LogP contribution in [0, 0.1) is 16.7 Å². The minimum atomic E-state index is -0.458. The molecule has 1 aliphatic rings. The first-order valence-electron chi connectivity index (χ1n) is 5.77. The molecule has 0 aliphatic heterocycles. The molecule has 0 saturated heterocycles. The summed E-state index contributed by atoms with van der Waals surface area (Å²) < 4.78 is 5.05. The van der Waals surface area contributed by atoms with Gasteiger partial charge in [0.25, 0.3) is 0 Å². The van der Waals surface area contributed by atoms with Crippen LogP contribution in [0.1, 0.15) is 45.4 Å². The van der Waals surface area contributed by atoms with Crippen molar-refractivity contribution in [2.45, 2.75) is 45.4 Å². The summed E-state index contributed by atoms with van der Waals surface area (Å²) in [6.07, 6.45) is 6.75. The van der Waals surface area contributed by atoms with Crippen LogP contribution in [0.5, 0.6) is 0 Å². The van der Waals surface area contributed by atoms with E-state index in [1.165, 1.54) is 0 Å². The number of rotatable bonds is 4. The van der Waals surface area contributed by atoms with Crippen molar-refractivity contribution in [2.24, 2.45) is 5.41 Å². The van der Waals surface area contributed by atoms with Gasteiger partial charge in [0.05, 0.1) is 24.9 Å². The number of nitrogens with zero attached hydrogens (tertiary/aromatic N) is 1. The van der Waals surface area contributed by atoms with Crippen LogP contribution in [0.25, 0.3) is 0 Å². The summed E-state index contributed by atoms with van der Waals surface area (Å²) in [7, 11) is 1.61. The van der Waals surface area contributed by atoms with E-state index >= 15 is 0 Å². The Bertz CT molecular complexity index is 327. The van der Waals surface area contributed by atoms with Crippen molar-refractivity contribution in [1.82, 2.24) is 0 Å². The Morgan fingerprint density at radius 3 is 2.94 bits per heavy atom. The fraction of sp³-hybridized carbons (Fsp3) is 0.692. The van der Waals surface area contributed by atoms with Gasteiger partial charge in [-0.1, -0.05) is 6.42 Å². The van der Waals surface area contributed by atoms with Gasteiger partial charge in [0.15, 0.2) is 0 Å². The summed E-state index contributed by atoms with van der Waals surface area (Å²) in [6.45, 7) is 1.58.